The molecule has 0 heterocycles. The lowest BCUT2D eigenvalue weighted by Crippen LogP contribution is -2.20. The van der Waals surface area contributed by atoms with Crippen LogP contribution in [0.5, 0.6) is 0 Å². The fourth-order valence-corrected chi connectivity index (χ4v) is 2.42. The summed E-state index contributed by atoms with van der Waals surface area (Å²) in [6, 6.07) is 6.51. The summed E-state index contributed by atoms with van der Waals surface area (Å²) >= 11 is 0. The van der Waals surface area contributed by atoms with E-state index in [1.807, 2.05) is 0 Å². The molecule has 0 amide bonds. The number of nitrogens with two attached hydrogens (primary N) is 1. The molecule has 0 saturated carbocycles. The van der Waals surface area contributed by atoms with Crippen molar-refractivity contribution in [3.05, 3.63) is 35.6 Å². The SMILES string of the molecule is CS(=O)(=O)CCC(CN)Cc1ccccc1F. The predicted octanol–water partition coefficient (Wildman–Crippen LogP) is 1.38. The summed E-state index contributed by atoms with van der Waals surface area (Å²) in [5.74, 6) is -0.157. The average Bonchev–Trinajstić information content (AvgIpc) is 2.25. The lowest BCUT2D eigenvalue weighted by molar-refractivity contribution is 0.497. The standard InChI is InChI=1S/C12H18FNO2S/c1-17(15,16)7-6-10(9-14)8-11-4-2-3-5-12(11)13/h2-5,10H,6-9,14H2,1H3. The van der Waals surface area contributed by atoms with Gasteiger partial charge in [-0.05, 0) is 36.9 Å². The topological polar surface area (TPSA) is 60.2 Å². The van der Waals surface area contributed by atoms with Gasteiger partial charge in [-0.2, -0.15) is 0 Å². The Morgan fingerprint density at radius 2 is 2.00 bits per heavy atom. The number of rotatable bonds is 6. The van der Waals surface area contributed by atoms with Crippen molar-refractivity contribution < 1.29 is 12.8 Å². The maximum Gasteiger partial charge on any atom is 0.147 e. The molecular formula is C12H18FNO2S. The maximum atomic E-state index is 13.4. The summed E-state index contributed by atoms with van der Waals surface area (Å²) in [5.41, 5.74) is 6.18. The van der Waals surface area contributed by atoms with Gasteiger partial charge in [-0.25, -0.2) is 12.8 Å². The van der Waals surface area contributed by atoms with E-state index in [4.69, 9.17) is 5.73 Å². The van der Waals surface area contributed by atoms with Crippen LogP contribution >= 0.6 is 0 Å². The molecular weight excluding hydrogens is 241 g/mol. The molecule has 0 aliphatic carbocycles. The van der Waals surface area contributed by atoms with Gasteiger partial charge in [0, 0.05) is 6.26 Å². The van der Waals surface area contributed by atoms with Gasteiger partial charge in [0.1, 0.15) is 15.7 Å². The van der Waals surface area contributed by atoms with Crippen molar-refractivity contribution in [3.63, 3.8) is 0 Å². The summed E-state index contributed by atoms with van der Waals surface area (Å²) in [6.07, 6.45) is 2.16. The molecule has 0 saturated heterocycles. The second-order valence-electron chi connectivity index (χ2n) is 4.32. The molecule has 0 aromatic heterocycles. The lowest BCUT2D eigenvalue weighted by atomic mass is 9.97. The highest BCUT2D eigenvalue weighted by Gasteiger charge is 2.13. The Labute approximate surface area is 102 Å². The Balaban J connectivity index is 2.61. The highest BCUT2D eigenvalue weighted by Crippen LogP contribution is 2.15. The Morgan fingerprint density at radius 3 is 2.53 bits per heavy atom. The predicted molar refractivity (Wildman–Crippen MR) is 67.0 cm³/mol. The van der Waals surface area contributed by atoms with Crippen LogP contribution in [0.4, 0.5) is 4.39 Å². The Morgan fingerprint density at radius 1 is 1.35 bits per heavy atom. The van der Waals surface area contributed by atoms with Crippen LogP contribution < -0.4 is 5.73 Å². The van der Waals surface area contributed by atoms with E-state index in [9.17, 15) is 12.8 Å². The van der Waals surface area contributed by atoms with Gasteiger partial charge in [0.05, 0.1) is 5.75 Å². The van der Waals surface area contributed by atoms with Crippen molar-refractivity contribution in [2.45, 2.75) is 12.8 Å². The van der Waals surface area contributed by atoms with Crippen LogP contribution in [0.3, 0.4) is 0 Å². The first kappa shape index (κ1) is 14.1. The molecule has 96 valence electrons. The third kappa shape index (κ3) is 5.28. The monoisotopic (exact) mass is 259 g/mol. The zero-order chi connectivity index (χ0) is 12.9. The minimum Gasteiger partial charge on any atom is -0.330 e. The van der Waals surface area contributed by atoms with E-state index < -0.39 is 9.84 Å². The fraction of sp³-hybridized carbons (Fsp3) is 0.500. The smallest absolute Gasteiger partial charge is 0.147 e. The summed E-state index contributed by atoms with van der Waals surface area (Å²) in [4.78, 5) is 0. The third-order valence-electron chi connectivity index (χ3n) is 2.70. The molecule has 1 atom stereocenters. The van der Waals surface area contributed by atoms with E-state index in [1.54, 1.807) is 18.2 Å². The highest BCUT2D eigenvalue weighted by molar-refractivity contribution is 7.90. The Bertz CT molecular complexity index is 459. The first-order valence-corrected chi connectivity index (χ1v) is 7.59. The summed E-state index contributed by atoms with van der Waals surface area (Å²) < 4.78 is 35.5. The van der Waals surface area contributed by atoms with E-state index in [0.29, 0.717) is 24.9 Å². The van der Waals surface area contributed by atoms with Crippen LogP contribution in [0.1, 0.15) is 12.0 Å². The van der Waals surface area contributed by atoms with Gasteiger partial charge in [0.15, 0.2) is 0 Å². The quantitative estimate of drug-likeness (QED) is 0.839. The third-order valence-corrected chi connectivity index (χ3v) is 3.67. The van der Waals surface area contributed by atoms with E-state index in [-0.39, 0.29) is 17.5 Å². The van der Waals surface area contributed by atoms with Crippen molar-refractivity contribution in [2.75, 3.05) is 18.6 Å². The van der Waals surface area contributed by atoms with Gasteiger partial charge in [0.25, 0.3) is 0 Å². The molecule has 1 aromatic carbocycles. The molecule has 5 heteroatoms. The summed E-state index contributed by atoms with van der Waals surface area (Å²) in [7, 11) is -2.98. The van der Waals surface area contributed by atoms with Crippen LogP contribution in [0.15, 0.2) is 24.3 Å². The molecule has 0 fully saturated rings. The van der Waals surface area contributed by atoms with Crippen molar-refractivity contribution in [1.82, 2.24) is 0 Å². The molecule has 3 nitrogen and oxygen atoms in total. The van der Waals surface area contributed by atoms with E-state index in [0.717, 1.165) is 0 Å². The summed E-state index contributed by atoms with van der Waals surface area (Å²) in [5, 5.41) is 0. The van der Waals surface area contributed by atoms with Crippen LogP contribution in [0, 0.1) is 11.7 Å². The Hall–Kier alpha value is -0.940. The van der Waals surface area contributed by atoms with Crippen LogP contribution in [0.2, 0.25) is 0 Å². The number of sulfone groups is 1. The first-order valence-electron chi connectivity index (χ1n) is 5.53. The molecule has 0 aliphatic heterocycles. The number of benzene rings is 1. The largest absolute Gasteiger partial charge is 0.330 e. The summed E-state index contributed by atoms with van der Waals surface area (Å²) in [6.45, 7) is 0.365. The van der Waals surface area contributed by atoms with E-state index in [1.165, 1.54) is 12.3 Å². The van der Waals surface area contributed by atoms with E-state index in [2.05, 4.69) is 0 Å². The lowest BCUT2D eigenvalue weighted by Gasteiger charge is -2.14. The van der Waals surface area contributed by atoms with Crippen molar-refractivity contribution in [1.29, 1.82) is 0 Å². The van der Waals surface area contributed by atoms with Crippen molar-refractivity contribution in [3.8, 4) is 0 Å². The number of hydrogen-bond donors (Lipinski definition) is 1. The molecule has 0 bridgehead atoms. The van der Waals surface area contributed by atoms with Gasteiger partial charge in [-0.3, -0.25) is 0 Å². The van der Waals surface area contributed by atoms with Gasteiger partial charge < -0.3 is 5.73 Å². The van der Waals surface area contributed by atoms with Gasteiger partial charge in [-0.15, -0.1) is 0 Å². The second kappa shape index (κ2) is 6.12. The molecule has 0 aliphatic rings. The van der Waals surface area contributed by atoms with Crippen LogP contribution in [-0.4, -0.2) is 27.0 Å². The van der Waals surface area contributed by atoms with Crippen LogP contribution in [0.25, 0.3) is 0 Å². The minimum absolute atomic E-state index is 0.00150. The molecule has 17 heavy (non-hydrogen) atoms. The average molecular weight is 259 g/mol. The van der Waals surface area contributed by atoms with Gasteiger partial charge >= 0.3 is 0 Å². The van der Waals surface area contributed by atoms with E-state index >= 15 is 0 Å². The zero-order valence-corrected chi connectivity index (χ0v) is 10.7. The molecule has 0 radical (unpaired) electrons. The maximum absolute atomic E-state index is 13.4. The number of hydrogen-bond acceptors (Lipinski definition) is 3. The van der Waals surface area contributed by atoms with Gasteiger partial charge in [0.2, 0.25) is 0 Å². The fourth-order valence-electron chi connectivity index (χ4n) is 1.66. The zero-order valence-electron chi connectivity index (χ0n) is 9.90. The molecule has 1 unspecified atom stereocenters. The number of halogens is 1. The Kier molecular flexibility index (Phi) is 5.08. The first-order chi connectivity index (χ1) is 7.92. The highest BCUT2D eigenvalue weighted by atomic mass is 32.2. The van der Waals surface area contributed by atoms with Gasteiger partial charge in [-0.1, -0.05) is 18.2 Å². The normalized spacial score (nSPS) is 13.6. The molecule has 1 rings (SSSR count). The van der Waals surface area contributed by atoms with Crippen LogP contribution in [-0.2, 0) is 16.3 Å². The molecule has 1 aromatic rings. The molecule has 0 spiro atoms. The molecule has 2 N–H and O–H groups in total. The van der Waals surface area contributed by atoms with Crippen molar-refractivity contribution >= 4 is 9.84 Å². The second-order valence-corrected chi connectivity index (χ2v) is 6.58. The minimum atomic E-state index is -2.98. The van der Waals surface area contributed by atoms with Crippen molar-refractivity contribution in [2.24, 2.45) is 11.7 Å².